The molecule has 0 bridgehead atoms. The predicted molar refractivity (Wildman–Crippen MR) is 38.8 cm³/mol. The van der Waals surface area contributed by atoms with E-state index in [-0.39, 0.29) is 0 Å². The molecule has 0 spiro atoms. The number of azide groups is 1. The summed E-state index contributed by atoms with van der Waals surface area (Å²) in [6.45, 7) is -2.00. The van der Waals surface area contributed by atoms with Crippen molar-refractivity contribution in [2.45, 2.75) is 6.23 Å². The van der Waals surface area contributed by atoms with Gasteiger partial charge in [0, 0.05) is 4.91 Å². The van der Waals surface area contributed by atoms with E-state index in [1.165, 1.54) is 0 Å². The van der Waals surface area contributed by atoms with Crippen molar-refractivity contribution in [3.05, 3.63) is 10.4 Å². The molecule has 0 aliphatic rings. The highest BCUT2D eigenvalue weighted by Gasteiger charge is 2.35. The SMILES string of the molecule is [N-]=[N+]=NC(O)C(CO)(CO)CO. The Morgan fingerprint density at radius 2 is 1.67 bits per heavy atom. The van der Waals surface area contributed by atoms with Crippen molar-refractivity contribution < 1.29 is 20.4 Å². The standard InChI is InChI=1S/C5H11N3O4/c6-8-7-4(12)5(1-9,2-10)3-11/h4,9-12H,1-3H2. The lowest BCUT2D eigenvalue weighted by molar-refractivity contribution is -0.0798. The van der Waals surface area contributed by atoms with E-state index in [2.05, 4.69) is 10.0 Å². The molecular formula is C5H11N3O4. The largest absolute Gasteiger partial charge is 0.396 e. The Bertz CT molecular complexity index is 167. The second-order valence-corrected chi connectivity index (χ2v) is 2.42. The first-order valence-electron chi connectivity index (χ1n) is 3.21. The highest BCUT2D eigenvalue weighted by Crippen LogP contribution is 2.21. The molecule has 0 aromatic rings. The van der Waals surface area contributed by atoms with Crippen LogP contribution in [0.1, 0.15) is 0 Å². The third kappa shape index (κ3) is 2.07. The molecule has 0 amide bonds. The van der Waals surface area contributed by atoms with Crippen LogP contribution in [0.15, 0.2) is 5.11 Å². The summed E-state index contributed by atoms with van der Waals surface area (Å²) >= 11 is 0. The molecule has 1 atom stereocenters. The minimum atomic E-state index is -1.64. The second kappa shape index (κ2) is 4.91. The molecule has 0 rings (SSSR count). The quantitative estimate of drug-likeness (QED) is 0.233. The Kier molecular flexibility index (Phi) is 4.57. The lowest BCUT2D eigenvalue weighted by Gasteiger charge is -2.29. The van der Waals surface area contributed by atoms with Crippen LogP contribution < -0.4 is 0 Å². The highest BCUT2D eigenvalue weighted by atomic mass is 16.3. The molecule has 1 unspecified atom stereocenters. The molecule has 7 heteroatoms. The molecule has 0 saturated carbocycles. The summed E-state index contributed by atoms with van der Waals surface area (Å²) in [4.78, 5) is 2.29. The van der Waals surface area contributed by atoms with Crippen molar-refractivity contribution in [2.75, 3.05) is 19.8 Å². The van der Waals surface area contributed by atoms with Crippen LogP contribution in [0.25, 0.3) is 10.4 Å². The lowest BCUT2D eigenvalue weighted by Crippen LogP contribution is -2.44. The molecular weight excluding hydrogens is 166 g/mol. The fraction of sp³-hybridized carbons (Fsp3) is 1.00. The highest BCUT2D eigenvalue weighted by molar-refractivity contribution is 4.83. The fourth-order valence-corrected chi connectivity index (χ4v) is 0.566. The molecule has 0 aromatic heterocycles. The van der Waals surface area contributed by atoms with Crippen molar-refractivity contribution >= 4 is 0 Å². The maximum atomic E-state index is 9.06. The van der Waals surface area contributed by atoms with Gasteiger partial charge in [-0.15, -0.1) is 0 Å². The topological polar surface area (TPSA) is 130 Å². The number of nitrogens with zero attached hydrogens (tertiary/aromatic N) is 3. The number of hydrogen-bond donors (Lipinski definition) is 4. The van der Waals surface area contributed by atoms with Crippen LogP contribution in [0.2, 0.25) is 0 Å². The van der Waals surface area contributed by atoms with Gasteiger partial charge in [0.05, 0.1) is 25.2 Å². The Morgan fingerprint density at radius 3 is 1.92 bits per heavy atom. The van der Waals surface area contributed by atoms with Crippen LogP contribution in [0.3, 0.4) is 0 Å². The normalized spacial score (nSPS) is 13.7. The average molecular weight is 177 g/mol. The second-order valence-electron chi connectivity index (χ2n) is 2.42. The number of rotatable bonds is 5. The predicted octanol–water partition coefficient (Wildman–Crippen LogP) is -1.42. The van der Waals surface area contributed by atoms with Crippen LogP contribution >= 0.6 is 0 Å². The summed E-state index contributed by atoms with van der Waals surface area (Å²) in [6.07, 6.45) is -1.64. The molecule has 0 fully saturated rings. The maximum Gasteiger partial charge on any atom is 0.145 e. The van der Waals surface area contributed by atoms with E-state index in [9.17, 15) is 0 Å². The zero-order valence-electron chi connectivity index (χ0n) is 6.33. The van der Waals surface area contributed by atoms with Crippen LogP contribution in [0.4, 0.5) is 0 Å². The van der Waals surface area contributed by atoms with E-state index in [4.69, 9.17) is 26.0 Å². The van der Waals surface area contributed by atoms with E-state index in [1.54, 1.807) is 0 Å². The summed E-state index contributed by atoms with van der Waals surface area (Å²) in [5.74, 6) is 0. The molecule has 0 saturated heterocycles. The minimum absolute atomic E-state index is 0.666. The van der Waals surface area contributed by atoms with Crippen LogP contribution in [-0.4, -0.2) is 46.5 Å². The van der Waals surface area contributed by atoms with Gasteiger partial charge in [-0.05, 0) is 5.53 Å². The smallest absolute Gasteiger partial charge is 0.145 e. The first kappa shape index (κ1) is 11.2. The van der Waals surface area contributed by atoms with Crippen LogP contribution in [0, 0.1) is 5.41 Å². The van der Waals surface area contributed by atoms with Gasteiger partial charge in [0.1, 0.15) is 6.23 Å². The zero-order valence-corrected chi connectivity index (χ0v) is 6.33. The number of aliphatic hydroxyl groups is 4. The molecule has 0 aromatic carbocycles. The van der Waals surface area contributed by atoms with E-state index in [1.807, 2.05) is 0 Å². The van der Waals surface area contributed by atoms with E-state index >= 15 is 0 Å². The van der Waals surface area contributed by atoms with Gasteiger partial charge in [-0.2, -0.15) is 0 Å². The van der Waals surface area contributed by atoms with Crippen molar-refractivity contribution in [3.63, 3.8) is 0 Å². The van der Waals surface area contributed by atoms with Crippen molar-refractivity contribution in [3.8, 4) is 0 Å². The fourth-order valence-electron chi connectivity index (χ4n) is 0.566. The van der Waals surface area contributed by atoms with Gasteiger partial charge in [-0.25, -0.2) is 0 Å². The first-order valence-corrected chi connectivity index (χ1v) is 3.21. The number of hydrogen-bond acceptors (Lipinski definition) is 5. The molecule has 0 radical (unpaired) electrons. The van der Waals surface area contributed by atoms with Crippen molar-refractivity contribution in [2.24, 2.45) is 10.5 Å². The molecule has 0 aliphatic carbocycles. The van der Waals surface area contributed by atoms with E-state index < -0.39 is 31.5 Å². The lowest BCUT2D eigenvalue weighted by atomic mass is 9.89. The number of aliphatic hydroxyl groups excluding tert-OH is 4. The van der Waals surface area contributed by atoms with Gasteiger partial charge in [-0.3, -0.25) is 0 Å². The minimum Gasteiger partial charge on any atom is -0.396 e. The summed E-state index contributed by atoms with van der Waals surface area (Å²) in [5.41, 5.74) is 6.38. The summed E-state index contributed by atoms with van der Waals surface area (Å²) in [7, 11) is 0. The molecule has 4 N–H and O–H groups in total. The summed E-state index contributed by atoms with van der Waals surface area (Å²) in [5, 5.41) is 38.1. The van der Waals surface area contributed by atoms with Gasteiger partial charge < -0.3 is 20.4 Å². The van der Waals surface area contributed by atoms with Gasteiger partial charge in [0.2, 0.25) is 0 Å². The maximum absolute atomic E-state index is 9.06. The Hall–Kier alpha value is -0.850. The monoisotopic (exact) mass is 177 g/mol. The summed E-state index contributed by atoms with van der Waals surface area (Å²) < 4.78 is 0. The molecule has 70 valence electrons. The third-order valence-electron chi connectivity index (χ3n) is 1.65. The van der Waals surface area contributed by atoms with E-state index in [0.717, 1.165) is 0 Å². The van der Waals surface area contributed by atoms with Gasteiger partial charge >= 0.3 is 0 Å². The van der Waals surface area contributed by atoms with Gasteiger partial charge in [-0.1, -0.05) is 5.11 Å². The molecule has 7 nitrogen and oxygen atoms in total. The van der Waals surface area contributed by atoms with Crippen LogP contribution in [0.5, 0.6) is 0 Å². The Morgan fingerprint density at radius 1 is 1.25 bits per heavy atom. The van der Waals surface area contributed by atoms with Gasteiger partial charge in [0.25, 0.3) is 0 Å². The molecule has 12 heavy (non-hydrogen) atoms. The molecule has 0 aliphatic heterocycles. The Labute approximate surface area is 68.5 Å². The average Bonchev–Trinajstić information content (AvgIpc) is 2.09. The summed E-state index contributed by atoms with van der Waals surface area (Å²) in [6, 6.07) is 0. The van der Waals surface area contributed by atoms with Crippen molar-refractivity contribution in [1.82, 2.24) is 0 Å². The molecule has 0 heterocycles. The van der Waals surface area contributed by atoms with E-state index in [0.29, 0.717) is 0 Å². The zero-order chi connectivity index (χ0) is 9.61. The van der Waals surface area contributed by atoms with Crippen LogP contribution in [-0.2, 0) is 0 Å². The van der Waals surface area contributed by atoms with Gasteiger partial charge in [0.15, 0.2) is 0 Å². The first-order chi connectivity index (χ1) is 5.66. The van der Waals surface area contributed by atoms with Crippen molar-refractivity contribution in [1.29, 1.82) is 0 Å². The third-order valence-corrected chi connectivity index (χ3v) is 1.65. The Balaban J connectivity index is 4.56.